The predicted molar refractivity (Wildman–Crippen MR) is 78.3 cm³/mol. The molecule has 0 saturated heterocycles. The van der Waals surface area contributed by atoms with Crippen molar-refractivity contribution in [3.63, 3.8) is 0 Å². The summed E-state index contributed by atoms with van der Waals surface area (Å²) in [6, 6.07) is 3.78. The molecule has 0 saturated carbocycles. The molecule has 1 atom stereocenters. The van der Waals surface area contributed by atoms with Gasteiger partial charge in [0.1, 0.15) is 18.5 Å². The van der Waals surface area contributed by atoms with Gasteiger partial charge in [-0.2, -0.15) is 4.98 Å². The lowest BCUT2D eigenvalue weighted by atomic mass is 10.3. The molecule has 8 heteroatoms. The van der Waals surface area contributed by atoms with E-state index < -0.39 is 6.10 Å². The summed E-state index contributed by atoms with van der Waals surface area (Å²) in [5.41, 5.74) is 0. The Bertz CT molecular complexity index is 704. The van der Waals surface area contributed by atoms with Crippen LogP contribution in [0.15, 0.2) is 34.4 Å². The minimum atomic E-state index is -0.753. The predicted octanol–water partition coefficient (Wildman–Crippen LogP) is 1.52. The lowest BCUT2D eigenvalue weighted by molar-refractivity contribution is 0.208. The molecule has 3 rings (SSSR count). The molecular weight excluding hydrogens is 290 g/mol. The Morgan fingerprint density at radius 3 is 3.00 bits per heavy atom. The Morgan fingerprint density at radius 1 is 1.48 bits per heavy atom. The fourth-order valence-electron chi connectivity index (χ4n) is 1.91. The molecule has 0 amide bonds. The fourth-order valence-corrected chi connectivity index (χ4v) is 2.62. The number of aliphatic hydroxyl groups excluding tert-OH is 1. The van der Waals surface area contributed by atoms with Crippen LogP contribution >= 0.6 is 11.3 Å². The Hall–Kier alpha value is -2.19. The highest BCUT2D eigenvalue weighted by molar-refractivity contribution is 7.10. The second-order valence-electron chi connectivity index (χ2n) is 4.71. The molecule has 0 aromatic carbocycles. The van der Waals surface area contributed by atoms with Gasteiger partial charge in [0.25, 0.3) is 5.95 Å². The molecule has 1 N–H and O–H groups in total. The summed E-state index contributed by atoms with van der Waals surface area (Å²) in [5.74, 6) is 1.55. The smallest absolute Gasteiger partial charge is 0.265 e. The van der Waals surface area contributed by atoms with E-state index in [1.807, 2.05) is 31.6 Å². The molecule has 0 fully saturated rings. The maximum atomic E-state index is 10.4. The monoisotopic (exact) mass is 305 g/mol. The first-order chi connectivity index (χ1) is 10.1. The van der Waals surface area contributed by atoms with Crippen molar-refractivity contribution < 1.29 is 9.63 Å². The molecule has 0 aliphatic heterocycles. The summed E-state index contributed by atoms with van der Waals surface area (Å²) in [6.45, 7) is 0.374. The van der Waals surface area contributed by atoms with E-state index in [4.69, 9.17) is 4.52 Å². The molecule has 0 bridgehead atoms. The van der Waals surface area contributed by atoms with Gasteiger partial charge in [-0.15, -0.1) is 11.3 Å². The Balaban J connectivity index is 1.82. The third kappa shape index (κ3) is 2.81. The summed E-state index contributed by atoms with van der Waals surface area (Å²) in [6.07, 6.45) is 2.68. The highest BCUT2D eigenvalue weighted by Gasteiger charge is 2.18. The van der Waals surface area contributed by atoms with Gasteiger partial charge in [0, 0.05) is 31.4 Å². The highest BCUT2D eigenvalue weighted by Crippen LogP contribution is 2.25. The number of aromatic nitrogens is 4. The van der Waals surface area contributed by atoms with Crippen LogP contribution in [0, 0.1) is 0 Å². The van der Waals surface area contributed by atoms with Gasteiger partial charge in [0.15, 0.2) is 0 Å². The second kappa shape index (κ2) is 5.66. The molecule has 110 valence electrons. The summed E-state index contributed by atoms with van der Waals surface area (Å²) < 4.78 is 7.00. The maximum Gasteiger partial charge on any atom is 0.265 e. The Kier molecular flexibility index (Phi) is 3.72. The van der Waals surface area contributed by atoms with Crippen molar-refractivity contribution >= 4 is 17.3 Å². The quantitative estimate of drug-likeness (QED) is 0.770. The van der Waals surface area contributed by atoms with Gasteiger partial charge in [0.05, 0.1) is 0 Å². The summed E-state index contributed by atoms with van der Waals surface area (Å²) in [5, 5.41) is 16.2. The maximum absolute atomic E-state index is 10.4. The fraction of sp³-hybridized carbons (Fsp3) is 0.308. The van der Waals surface area contributed by atoms with Crippen LogP contribution in [0.3, 0.4) is 0 Å². The molecule has 0 radical (unpaired) electrons. The second-order valence-corrected chi connectivity index (χ2v) is 5.69. The zero-order chi connectivity index (χ0) is 14.8. The van der Waals surface area contributed by atoms with Gasteiger partial charge < -0.3 is 19.1 Å². The van der Waals surface area contributed by atoms with E-state index in [9.17, 15) is 5.11 Å². The van der Waals surface area contributed by atoms with Gasteiger partial charge in [-0.25, -0.2) is 4.98 Å². The van der Waals surface area contributed by atoms with Gasteiger partial charge >= 0.3 is 0 Å². The summed E-state index contributed by atoms with van der Waals surface area (Å²) in [7, 11) is 3.69. The molecule has 0 aliphatic carbocycles. The van der Waals surface area contributed by atoms with Gasteiger partial charge in [-0.1, -0.05) is 6.07 Å². The van der Waals surface area contributed by atoms with Crippen molar-refractivity contribution in [2.75, 3.05) is 19.0 Å². The number of thiophene rings is 1. The topological polar surface area (TPSA) is 80.2 Å². The van der Waals surface area contributed by atoms with E-state index in [0.29, 0.717) is 24.2 Å². The van der Waals surface area contributed by atoms with E-state index in [1.165, 1.54) is 11.3 Å². The largest absolute Gasteiger partial charge is 0.380 e. The van der Waals surface area contributed by atoms with Crippen LogP contribution in [0.1, 0.15) is 22.7 Å². The Labute approximate surface area is 125 Å². The number of imidazole rings is 1. The van der Waals surface area contributed by atoms with Gasteiger partial charge in [-0.05, 0) is 16.6 Å². The first-order valence-electron chi connectivity index (χ1n) is 6.37. The number of rotatable bonds is 5. The average molecular weight is 305 g/mol. The number of anilines is 1. The van der Waals surface area contributed by atoms with Crippen LogP contribution in [-0.2, 0) is 6.54 Å². The molecule has 3 heterocycles. The molecule has 0 spiro atoms. The van der Waals surface area contributed by atoms with E-state index in [2.05, 4.69) is 15.1 Å². The van der Waals surface area contributed by atoms with E-state index in [0.717, 1.165) is 4.88 Å². The SMILES string of the molecule is CN(C)c1noc(Cn2ccnc2C(O)c2cccs2)n1. The molecule has 3 aromatic heterocycles. The minimum absolute atomic E-state index is 0.374. The van der Waals surface area contributed by atoms with Crippen molar-refractivity contribution in [2.24, 2.45) is 0 Å². The van der Waals surface area contributed by atoms with Crippen molar-refractivity contribution in [1.29, 1.82) is 0 Å². The van der Waals surface area contributed by atoms with Crippen LogP contribution < -0.4 is 4.90 Å². The van der Waals surface area contributed by atoms with Gasteiger partial charge in [-0.3, -0.25) is 0 Å². The summed E-state index contributed by atoms with van der Waals surface area (Å²) >= 11 is 1.49. The minimum Gasteiger partial charge on any atom is -0.380 e. The van der Waals surface area contributed by atoms with Crippen molar-refractivity contribution in [2.45, 2.75) is 12.6 Å². The average Bonchev–Trinajstić information content (AvgIpc) is 3.20. The third-order valence-corrected chi connectivity index (χ3v) is 3.89. The van der Waals surface area contributed by atoms with Crippen LogP contribution in [-0.4, -0.2) is 38.9 Å². The Morgan fingerprint density at radius 2 is 2.33 bits per heavy atom. The molecular formula is C13H15N5O2S. The molecule has 0 aliphatic rings. The highest BCUT2D eigenvalue weighted by atomic mass is 32.1. The van der Waals surface area contributed by atoms with Crippen molar-refractivity contribution in [1.82, 2.24) is 19.7 Å². The van der Waals surface area contributed by atoms with Crippen molar-refractivity contribution in [3.05, 3.63) is 46.5 Å². The number of hydrogen-bond donors (Lipinski definition) is 1. The molecule has 7 nitrogen and oxygen atoms in total. The van der Waals surface area contributed by atoms with Crippen LogP contribution in [0.4, 0.5) is 5.95 Å². The van der Waals surface area contributed by atoms with Crippen molar-refractivity contribution in [3.8, 4) is 0 Å². The van der Waals surface area contributed by atoms with Crippen LogP contribution in [0.25, 0.3) is 0 Å². The number of nitrogens with zero attached hydrogens (tertiary/aromatic N) is 5. The lowest BCUT2D eigenvalue weighted by Gasteiger charge is -2.10. The summed E-state index contributed by atoms with van der Waals surface area (Å²) in [4.78, 5) is 11.1. The third-order valence-electron chi connectivity index (χ3n) is 2.97. The van der Waals surface area contributed by atoms with E-state index in [-0.39, 0.29) is 0 Å². The molecule has 3 aromatic rings. The van der Waals surface area contributed by atoms with Crippen LogP contribution in [0.5, 0.6) is 0 Å². The molecule has 1 unspecified atom stereocenters. The first kappa shape index (κ1) is 13.8. The molecule has 21 heavy (non-hydrogen) atoms. The first-order valence-corrected chi connectivity index (χ1v) is 7.25. The number of aliphatic hydroxyl groups is 1. The zero-order valence-electron chi connectivity index (χ0n) is 11.7. The van der Waals surface area contributed by atoms with Crippen LogP contribution in [0.2, 0.25) is 0 Å². The van der Waals surface area contributed by atoms with E-state index >= 15 is 0 Å². The normalized spacial score (nSPS) is 12.5. The van der Waals surface area contributed by atoms with Gasteiger partial charge in [0.2, 0.25) is 5.89 Å². The number of hydrogen-bond acceptors (Lipinski definition) is 7. The lowest BCUT2D eigenvalue weighted by Crippen LogP contribution is -2.11. The zero-order valence-corrected chi connectivity index (χ0v) is 12.5. The van der Waals surface area contributed by atoms with E-state index in [1.54, 1.807) is 21.9 Å². The standard InChI is InChI=1S/C13H15N5O2S/c1-17(2)13-15-10(20-16-13)8-18-6-5-14-12(18)11(19)9-4-3-7-21-9/h3-7,11,19H,8H2,1-2H3.